The second kappa shape index (κ2) is 5.97. The summed E-state index contributed by atoms with van der Waals surface area (Å²) in [7, 11) is 0.199. The van der Waals surface area contributed by atoms with Crippen LogP contribution in [-0.4, -0.2) is 50.0 Å². The van der Waals surface area contributed by atoms with Gasteiger partial charge in [-0.3, -0.25) is 0 Å². The van der Waals surface area contributed by atoms with E-state index in [0.29, 0.717) is 24.5 Å². The topological polar surface area (TPSA) is 66.7 Å². The first-order valence-electron chi connectivity index (χ1n) is 6.74. The Morgan fingerprint density at radius 3 is 2.50 bits per heavy atom. The van der Waals surface area contributed by atoms with Gasteiger partial charge < -0.3 is 9.42 Å². The summed E-state index contributed by atoms with van der Waals surface area (Å²) in [6, 6.07) is 0. The Labute approximate surface area is 120 Å². The van der Waals surface area contributed by atoms with E-state index in [-0.39, 0.29) is 4.90 Å². The van der Waals surface area contributed by atoms with E-state index in [2.05, 4.69) is 5.16 Å². The molecule has 1 aromatic heterocycles. The lowest BCUT2D eigenvalue weighted by atomic mass is 10.2. The molecule has 0 aromatic carbocycles. The zero-order chi connectivity index (χ0) is 14.8. The highest BCUT2D eigenvalue weighted by Gasteiger charge is 2.32. The number of piperidine rings is 1. The molecular formula is C13H21N3O3S. The molecule has 1 aliphatic heterocycles. The molecule has 0 bridgehead atoms. The average molecular weight is 299 g/mol. The monoisotopic (exact) mass is 299 g/mol. The molecule has 6 nitrogen and oxygen atoms in total. The largest absolute Gasteiger partial charge is 0.383 e. The van der Waals surface area contributed by atoms with Crippen LogP contribution in [-0.2, 0) is 10.0 Å². The van der Waals surface area contributed by atoms with Gasteiger partial charge in [0, 0.05) is 39.5 Å². The summed E-state index contributed by atoms with van der Waals surface area (Å²) < 4.78 is 32.1. The number of aromatic nitrogens is 1. The maximum atomic E-state index is 12.7. The SMILES string of the molecule is Cc1noc(/C=C/N(C)C)c1S(=O)(=O)N1CCCCC1. The highest BCUT2D eigenvalue weighted by atomic mass is 32.2. The molecule has 112 valence electrons. The summed E-state index contributed by atoms with van der Waals surface area (Å²) in [5.74, 6) is 0.293. The number of hydrogen-bond acceptors (Lipinski definition) is 5. The predicted molar refractivity (Wildman–Crippen MR) is 76.6 cm³/mol. The molecule has 0 aliphatic carbocycles. The van der Waals surface area contributed by atoms with Crippen molar-refractivity contribution in [3.63, 3.8) is 0 Å². The van der Waals surface area contributed by atoms with Crippen LogP contribution in [0.2, 0.25) is 0 Å². The Morgan fingerprint density at radius 1 is 1.25 bits per heavy atom. The third kappa shape index (κ3) is 3.04. The number of nitrogens with zero attached hydrogens (tertiary/aromatic N) is 3. The van der Waals surface area contributed by atoms with Crippen LogP contribution < -0.4 is 0 Å². The van der Waals surface area contributed by atoms with E-state index >= 15 is 0 Å². The molecule has 20 heavy (non-hydrogen) atoms. The fourth-order valence-corrected chi connectivity index (χ4v) is 4.02. The van der Waals surface area contributed by atoms with Gasteiger partial charge in [-0.05, 0) is 19.8 Å². The predicted octanol–water partition coefficient (Wildman–Crippen LogP) is 1.69. The third-order valence-corrected chi connectivity index (χ3v) is 5.33. The second-order valence-electron chi connectivity index (χ2n) is 5.21. The average Bonchev–Trinajstić information content (AvgIpc) is 2.79. The first kappa shape index (κ1) is 15.1. The van der Waals surface area contributed by atoms with E-state index in [0.717, 1.165) is 19.3 Å². The van der Waals surface area contributed by atoms with Gasteiger partial charge >= 0.3 is 0 Å². The van der Waals surface area contributed by atoms with E-state index in [1.807, 2.05) is 19.0 Å². The number of sulfonamides is 1. The van der Waals surface area contributed by atoms with Gasteiger partial charge in [-0.1, -0.05) is 11.6 Å². The van der Waals surface area contributed by atoms with Crippen molar-refractivity contribution < 1.29 is 12.9 Å². The number of rotatable bonds is 4. The van der Waals surface area contributed by atoms with Gasteiger partial charge in [0.1, 0.15) is 5.69 Å². The highest BCUT2D eigenvalue weighted by Crippen LogP contribution is 2.27. The van der Waals surface area contributed by atoms with Gasteiger partial charge in [-0.15, -0.1) is 0 Å². The first-order valence-corrected chi connectivity index (χ1v) is 8.18. The van der Waals surface area contributed by atoms with Crippen molar-refractivity contribution in [1.29, 1.82) is 0 Å². The van der Waals surface area contributed by atoms with E-state index in [1.54, 1.807) is 19.2 Å². The Bertz CT molecular complexity index is 584. The molecule has 1 aliphatic rings. The van der Waals surface area contributed by atoms with Crippen molar-refractivity contribution in [2.24, 2.45) is 0 Å². The Balaban J connectivity index is 2.38. The van der Waals surface area contributed by atoms with Crippen molar-refractivity contribution in [3.05, 3.63) is 17.7 Å². The Hall–Kier alpha value is -1.34. The Morgan fingerprint density at radius 2 is 1.90 bits per heavy atom. The number of hydrogen-bond donors (Lipinski definition) is 0. The molecular weight excluding hydrogens is 278 g/mol. The van der Waals surface area contributed by atoms with Crippen LogP contribution in [0.25, 0.3) is 6.08 Å². The molecule has 0 N–H and O–H groups in total. The van der Waals surface area contributed by atoms with Gasteiger partial charge in [-0.25, -0.2) is 8.42 Å². The number of aryl methyl sites for hydroxylation is 1. The zero-order valence-electron chi connectivity index (χ0n) is 12.2. The zero-order valence-corrected chi connectivity index (χ0v) is 13.0. The molecule has 7 heteroatoms. The third-order valence-electron chi connectivity index (χ3n) is 3.27. The Kier molecular flexibility index (Phi) is 4.49. The summed E-state index contributed by atoms with van der Waals surface area (Å²) >= 11 is 0. The quantitative estimate of drug-likeness (QED) is 0.846. The lowest BCUT2D eigenvalue weighted by molar-refractivity contribution is 0.346. The van der Waals surface area contributed by atoms with Crippen LogP contribution in [0.5, 0.6) is 0 Å². The lowest BCUT2D eigenvalue weighted by Crippen LogP contribution is -2.36. The maximum absolute atomic E-state index is 12.7. The van der Waals surface area contributed by atoms with Crippen LogP contribution in [0.1, 0.15) is 30.7 Å². The fraction of sp³-hybridized carbons (Fsp3) is 0.615. The smallest absolute Gasteiger partial charge is 0.248 e. The molecule has 1 saturated heterocycles. The van der Waals surface area contributed by atoms with E-state index in [1.165, 1.54) is 4.31 Å². The summed E-state index contributed by atoms with van der Waals surface area (Å²) in [5, 5.41) is 3.81. The maximum Gasteiger partial charge on any atom is 0.248 e. The summed E-state index contributed by atoms with van der Waals surface area (Å²) in [6.07, 6.45) is 6.28. The van der Waals surface area contributed by atoms with Crippen LogP contribution in [0.15, 0.2) is 15.6 Å². The minimum atomic E-state index is -3.52. The molecule has 2 heterocycles. The van der Waals surface area contributed by atoms with E-state index in [4.69, 9.17) is 4.52 Å². The second-order valence-corrected chi connectivity index (χ2v) is 7.08. The molecule has 0 radical (unpaired) electrons. The summed E-state index contributed by atoms with van der Waals surface area (Å²) in [6.45, 7) is 2.81. The fourth-order valence-electron chi connectivity index (χ4n) is 2.25. The highest BCUT2D eigenvalue weighted by molar-refractivity contribution is 7.89. The van der Waals surface area contributed by atoms with Crippen molar-refractivity contribution >= 4 is 16.1 Å². The minimum Gasteiger partial charge on any atom is -0.383 e. The lowest BCUT2D eigenvalue weighted by Gasteiger charge is -2.25. The normalized spacial score (nSPS) is 17.8. The summed E-state index contributed by atoms with van der Waals surface area (Å²) in [4.78, 5) is 2.01. The minimum absolute atomic E-state index is 0.192. The van der Waals surface area contributed by atoms with Crippen molar-refractivity contribution in [3.8, 4) is 0 Å². The molecule has 2 rings (SSSR count). The molecule has 0 saturated carbocycles. The van der Waals surface area contributed by atoms with Gasteiger partial charge in [0.2, 0.25) is 10.0 Å². The summed E-state index contributed by atoms with van der Waals surface area (Å²) in [5.41, 5.74) is 0.411. The van der Waals surface area contributed by atoms with Crippen molar-refractivity contribution in [2.75, 3.05) is 27.2 Å². The first-order chi connectivity index (χ1) is 9.43. The molecule has 0 unspecified atom stereocenters. The molecule has 0 spiro atoms. The van der Waals surface area contributed by atoms with Crippen molar-refractivity contribution in [1.82, 2.24) is 14.4 Å². The molecule has 0 atom stereocenters. The van der Waals surface area contributed by atoms with Gasteiger partial charge in [0.15, 0.2) is 10.7 Å². The van der Waals surface area contributed by atoms with Crippen LogP contribution >= 0.6 is 0 Å². The van der Waals surface area contributed by atoms with Crippen molar-refractivity contribution in [2.45, 2.75) is 31.1 Å². The van der Waals surface area contributed by atoms with E-state index < -0.39 is 10.0 Å². The van der Waals surface area contributed by atoms with Crippen LogP contribution in [0.4, 0.5) is 0 Å². The van der Waals surface area contributed by atoms with Gasteiger partial charge in [-0.2, -0.15) is 4.31 Å². The standard InChI is InChI=1S/C13H21N3O3S/c1-11-13(12(19-14-11)7-10-15(2)3)20(17,18)16-8-5-4-6-9-16/h7,10H,4-6,8-9H2,1-3H3/b10-7+. The molecule has 1 aromatic rings. The van der Waals surface area contributed by atoms with Gasteiger partial charge in [0.05, 0.1) is 0 Å². The van der Waals surface area contributed by atoms with Crippen LogP contribution in [0, 0.1) is 6.92 Å². The molecule has 0 amide bonds. The molecule has 1 fully saturated rings. The van der Waals surface area contributed by atoms with Crippen LogP contribution in [0.3, 0.4) is 0 Å². The van der Waals surface area contributed by atoms with E-state index in [9.17, 15) is 8.42 Å². The van der Waals surface area contributed by atoms with Gasteiger partial charge in [0.25, 0.3) is 0 Å².